The topological polar surface area (TPSA) is 48.3 Å². The molecule has 1 aliphatic rings. The third kappa shape index (κ3) is 4.28. The van der Waals surface area contributed by atoms with Gasteiger partial charge in [0.25, 0.3) is 0 Å². The van der Waals surface area contributed by atoms with Crippen molar-refractivity contribution >= 4 is 0 Å². The van der Waals surface area contributed by atoms with Crippen LogP contribution in [0.1, 0.15) is 31.7 Å². The Balaban J connectivity index is 2.03. The lowest BCUT2D eigenvalue weighted by Gasteiger charge is -2.28. The van der Waals surface area contributed by atoms with Gasteiger partial charge in [0.2, 0.25) is 0 Å². The molecule has 1 aromatic heterocycles. The molecule has 5 heteroatoms. The molecule has 21 heavy (non-hydrogen) atoms. The standard InChI is InChI=1S/C16H29N3O2/c1-4-14-10-15(19(5-2)18-14)11-16(6-8-21-13-16)12-17-7-9-20-3/h10,17H,4-9,11-13H2,1-3H3. The number of methoxy groups -OCH3 is 1. The number of hydrogen-bond acceptors (Lipinski definition) is 4. The molecular weight excluding hydrogens is 266 g/mol. The van der Waals surface area contributed by atoms with E-state index in [0.717, 1.165) is 58.7 Å². The van der Waals surface area contributed by atoms with Crippen LogP contribution < -0.4 is 5.32 Å². The maximum atomic E-state index is 5.70. The van der Waals surface area contributed by atoms with Crippen LogP contribution in [0.25, 0.3) is 0 Å². The zero-order valence-corrected chi connectivity index (χ0v) is 13.7. The first kappa shape index (κ1) is 16.5. The first-order valence-electron chi connectivity index (χ1n) is 8.06. The summed E-state index contributed by atoms with van der Waals surface area (Å²) in [5.41, 5.74) is 2.73. The van der Waals surface area contributed by atoms with Gasteiger partial charge in [-0.05, 0) is 32.3 Å². The van der Waals surface area contributed by atoms with Gasteiger partial charge in [0.1, 0.15) is 0 Å². The Morgan fingerprint density at radius 2 is 2.33 bits per heavy atom. The monoisotopic (exact) mass is 295 g/mol. The Kier molecular flexibility index (Phi) is 6.21. The van der Waals surface area contributed by atoms with E-state index in [1.807, 2.05) is 0 Å². The lowest BCUT2D eigenvalue weighted by Crippen LogP contribution is -2.38. The van der Waals surface area contributed by atoms with Crippen LogP contribution in [0.4, 0.5) is 0 Å². The van der Waals surface area contributed by atoms with Crippen molar-refractivity contribution in [3.63, 3.8) is 0 Å². The smallest absolute Gasteiger partial charge is 0.0624 e. The van der Waals surface area contributed by atoms with Gasteiger partial charge >= 0.3 is 0 Å². The SMILES string of the molecule is CCc1cc(CC2(CNCCOC)CCOC2)n(CC)n1. The van der Waals surface area contributed by atoms with Gasteiger partial charge in [-0.15, -0.1) is 0 Å². The fraction of sp³-hybridized carbons (Fsp3) is 0.812. The molecule has 1 N–H and O–H groups in total. The average Bonchev–Trinajstić information content (AvgIpc) is 3.11. The zero-order valence-electron chi connectivity index (χ0n) is 13.7. The first-order chi connectivity index (χ1) is 10.2. The highest BCUT2D eigenvalue weighted by Crippen LogP contribution is 2.32. The third-order valence-electron chi connectivity index (χ3n) is 4.30. The molecule has 0 amide bonds. The molecule has 1 aromatic rings. The highest BCUT2D eigenvalue weighted by atomic mass is 16.5. The van der Waals surface area contributed by atoms with Crippen molar-refractivity contribution in [1.29, 1.82) is 0 Å². The van der Waals surface area contributed by atoms with Crippen LogP contribution in [0.2, 0.25) is 0 Å². The van der Waals surface area contributed by atoms with E-state index in [1.54, 1.807) is 7.11 Å². The quantitative estimate of drug-likeness (QED) is 0.704. The van der Waals surface area contributed by atoms with Gasteiger partial charge < -0.3 is 14.8 Å². The Bertz CT molecular complexity index is 425. The van der Waals surface area contributed by atoms with Gasteiger partial charge in [-0.2, -0.15) is 5.10 Å². The summed E-state index contributed by atoms with van der Waals surface area (Å²) in [7, 11) is 1.74. The molecular formula is C16H29N3O2. The summed E-state index contributed by atoms with van der Waals surface area (Å²) in [4.78, 5) is 0. The molecule has 5 nitrogen and oxygen atoms in total. The number of nitrogens with one attached hydrogen (secondary N) is 1. The van der Waals surface area contributed by atoms with Crippen molar-refractivity contribution in [3.05, 3.63) is 17.5 Å². The van der Waals surface area contributed by atoms with Crippen LogP contribution in [-0.2, 0) is 28.9 Å². The maximum Gasteiger partial charge on any atom is 0.0624 e. The lowest BCUT2D eigenvalue weighted by atomic mass is 9.82. The second-order valence-electron chi connectivity index (χ2n) is 5.95. The molecule has 1 unspecified atom stereocenters. The van der Waals surface area contributed by atoms with Gasteiger partial charge in [-0.3, -0.25) is 4.68 Å². The molecule has 0 spiro atoms. The predicted molar refractivity (Wildman–Crippen MR) is 83.6 cm³/mol. The van der Waals surface area contributed by atoms with Crippen LogP contribution in [0.5, 0.6) is 0 Å². The van der Waals surface area contributed by atoms with E-state index in [4.69, 9.17) is 9.47 Å². The summed E-state index contributed by atoms with van der Waals surface area (Å²) >= 11 is 0. The number of nitrogens with zero attached hydrogens (tertiary/aromatic N) is 2. The zero-order chi connectivity index (χ0) is 15.1. The van der Waals surface area contributed by atoms with E-state index in [1.165, 1.54) is 11.4 Å². The van der Waals surface area contributed by atoms with Crippen molar-refractivity contribution in [2.24, 2.45) is 5.41 Å². The minimum Gasteiger partial charge on any atom is -0.383 e. The molecule has 2 rings (SSSR count). The summed E-state index contributed by atoms with van der Waals surface area (Å²) in [5.74, 6) is 0. The molecule has 1 fully saturated rings. The molecule has 0 saturated carbocycles. The summed E-state index contributed by atoms with van der Waals surface area (Å²) < 4.78 is 12.9. The average molecular weight is 295 g/mol. The largest absolute Gasteiger partial charge is 0.383 e. The van der Waals surface area contributed by atoms with E-state index < -0.39 is 0 Å². The number of ether oxygens (including phenoxy) is 2. The molecule has 0 radical (unpaired) electrons. The Morgan fingerprint density at radius 3 is 2.95 bits per heavy atom. The number of rotatable bonds is 9. The molecule has 1 aliphatic heterocycles. The second-order valence-corrected chi connectivity index (χ2v) is 5.95. The van der Waals surface area contributed by atoms with E-state index in [2.05, 4.69) is 35.0 Å². The van der Waals surface area contributed by atoms with Crippen molar-refractivity contribution in [1.82, 2.24) is 15.1 Å². The summed E-state index contributed by atoms with van der Waals surface area (Å²) in [6, 6.07) is 2.26. The lowest BCUT2D eigenvalue weighted by molar-refractivity contribution is 0.143. The normalized spacial score (nSPS) is 22.0. The maximum absolute atomic E-state index is 5.70. The minimum atomic E-state index is 0.200. The van der Waals surface area contributed by atoms with Gasteiger partial charge in [-0.25, -0.2) is 0 Å². The highest BCUT2D eigenvalue weighted by molar-refractivity contribution is 5.13. The number of aromatic nitrogens is 2. The predicted octanol–water partition coefficient (Wildman–Crippen LogP) is 1.65. The van der Waals surface area contributed by atoms with Crippen LogP contribution >= 0.6 is 0 Å². The summed E-state index contributed by atoms with van der Waals surface area (Å²) in [6.07, 6.45) is 3.15. The Hall–Kier alpha value is -0.910. The van der Waals surface area contributed by atoms with Crippen molar-refractivity contribution < 1.29 is 9.47 Å². The Labute approximate surface area is 128 Å². The van der Waals surface area contributed by atoms with Gasteiger partial charge in [0.05, 0.1) is 18.9 Å². The molecule has 1 saturated heterocycles. The fourth-order valence-corrected chi connectivity index (χ4v) is 3.01. The van der Waals surface area contributed by atoms with Crippen LogP contribution in [0, 0.1) is 5.41 Å². The van der Waals surface area contributed by atoms with Crippen molar-refractivity contribution in [2.45, 2.75) is 39.7 Å². The van der Waals surface area contributed by atoms with Crippen LogP contribution in [-0.4, -0.2) is 49.8 Å². The third-order valence-corrected chi connectivity index (χ3v) is 4.30. The fourth-order valence-electron chi connectivity index (χ4n) is 3.01. The van der Waals surface area contributed by atoms with Crippen molar-refractivity contribution in [3.8, 4) is 0 Å². The molecule has 0 bridgehead atoms. The first-order valence-corrected chi connectivity index (χ1v) is 8.06. The summed E-state index contributed by atoms with van der Waals surface area (Å²) in [6.45, 7) is 9.58. The second kappa shape index (κ2) is 7.92. The van der Waals surface area contributed by atoms with Crippen LogP contribution in [0.3, 0.4) is 0 Å². The van der Waals surface area contributed by atoms with E-state index >= 15 is 0 Å². The Morgan fingerprint density at radius 1 is 1.48 bits per heavy atom. The van der Waals surface area contributed by atoms with E-state index in [0.29, 0.717) is 0 Å². The summed E-state index contributed by atoms with van der Waals surface area (Å²) in [5, 5.41) is 8.18. The van der Waals surface area contributed by atoms with Gasteiger partial charge in [0, 0.05) is 44.5 Å². The molecule has 2 heterocycles. The minimum absolute atomic E-state index is 0.200. The number of hydrogen-bond donors (Lipinski definition) is 1. The molecule has 0 aliphatic carbocycles. The highest BCUT2D eigenvalue weighted by Gasteiger charge is 2.35. The van der Waals surface area contributed by atoms with Gasteiger partial charge in [-0.1, -0.05) is 6.92 Å². The van der Waals surface area contributed by atoms with E-state index in [9.17, 15) is 0 Å². The van der Waals surface area contributed by atoms with Gasteiger partial charge in [0.15, 0.2) is 0 Å². The van der Waals surface area contributed by atoms with E-state index in [-0.39, 0.29) is 5.41 Å². The van der Waals surface area contributed by atoms with Crippen LogP contribution in [0.15, 0.2) is 6.07 Å². The molecule has 120 valence electrons. The molecule has 1 atom stereocenters. The molecule has 0 aromatic carbocycles. The van der Waals surface area contributed by atoms with Crippen molar-refractivity contribution in [2.75, 3.05) is 40.0 Å². The number of aryl methyl sites for hydroxylation is 2.